The minimum atomic E-state index is -0.743. The summed E-state index contributed by atoms with van der Waals surface area (Å²) in [4.78, 5) is 29.6. The highest BCUT2D eigenvalue weighted by molar-refractivity contribution is 6.04. The van der Waals surface area contributed by atoms with Crippen molar-refractivity contribution in [1.29, 1.82) is 0 Å². The van der Waals surface area contributed by atoms with Gasteiger partial charge in [0.05, 0.1) is 11.8 Å². The molecule has 1 aliphatic carbocycles. The molecule has 0 radical (unpaired) electrons. The Balaban J connectivity index is 1.31. The first-order chi connectivity index (χ1) is 14.0. The van der Waals surface area contributed by atoms with Crippen molar-refractivity contribution in [2.45, 2.75) is 38.3 Å². The number of nitrogens with one attached hydrogen (secondary N) is 2. The summed E-state index contributed by atoms with van der Waals surface area (Å²) in [5.41, 5.74) is 2.81. The molecular formula is C22H22FN3O3. The van der Waals surface area contributed by atoms with E-state index >= 15 is 0 Å². The number of rotatable bonds is 6. The van der Waals surface area contributed by atoms with Crippen LogP contribution in [0.5, 0.6) is 0 Å². The van der Waals surface area contributed by atoms with Gasteiger partial charge in [0.15, 0.2) is 0 Å². The maximum atomic E-state index is 13.4. The van der Waals surface area contributed by atoms with Crippen molar-refractivity contribution in [3.63, 3.8) is 0 Å². The van der Waals surface area contributed by atoms with E-state index in [1.165, 1.54) is 12.1 Å². The molecule has 7 heteroatoms. The van der Waals surface area contributed by atoms with Crippen LogP contribution in [0.4, 0.5) is 10.1 Å². The average molecular weight is 395 g/mol. The van der Waals surface area contributed by atoms with Gasteiger partial charge in [-0.25, -0.2) is 4.39 Å². The molecule has 1 heterocycles. The van der Waals surface area contributed by atoms with Gasteiger partial charge < -0.3 is 15.5 Å². The molecule has 2 aliphatic rings. The molecule has 1 fully saturated rings. The zero-order valence-corrected chi connectivity index (χ0v) is 16.0. The number of oxime groups is 1. The Morgan fingerprint density at radius 3 is 2.59 bits per heavy atom. The summed E-state index contributed by atoms with van der Waals surface area (Å²) in [6.07, 6.45) is 1.46. The van der Waals surface area contributed by atoms with Gasteiger partial charge in [0.2, 0.25) is 12.0 Å². The van der Waals surface area contributed by atoms with Crippen LogP contribution >= 0.6 is 0 Å². The number of benzene rings is 2. The number of carbonyl (C=O) groups excluding carboxylic acids is 2. The van der Waals surface area contributed by atoms with E-state index in [2.05, 4.69) is 15.8 Å². The zero-order chi connectivity index (χ0) is 20.4. The summed E-state index contributed by atoms with van der Waals surface area (Å²) in [6.45, 7) is 1.87. The molecule has 4 rings (SSSR count). The lowest BCUT2D eigenvalue weighted by atomic mass is 10.0. The molecule has 2 aromatic carbocycles. The predicted octanol–water partition coefficient (Wildman–Crippen LogP) is 3.54. The molecule has 2 N–H and O–H groups in total. The summed E-state index contributed by atoms with van der Waals surface area (Å²) >= 11 is 0. The molecule has 6 nitrogen and oxygen atoms in total. The van der Waals surface area contributed by atoms with Crippen molar-refractivity contribution >= 4 is 23.2 Å². The smallest absolute Gasteiger partial charge is 0.264 e. The van der Waals surface area contributed by atoms with E-state index in [0.717, 1.165) is 24.1 Å². The highest BCUT2D eigenvalue weighted by Gasteiger charge is 2.30. The maximum absolute atomic E-state index is 13.4. The second kappa shape index (κ2) is 8.03. The fourth-order valence-corrected chi connectivity index (χ4v) is 3.19. The van der Waals surface area contributed by atoms with E-state index in [1.54, 1.807) is 12.1 Å². The number of anilines is 1. The first kappa shape index (κ1) is 19.1. The molecule has 2 atom stereocenters. The van der Waals surface area contributed by atoms with E-state index in [4.69, 9.17) is 4.84 Å². The number of hydrogen-bond donors (Lipinski definition) is 2. The standard InChI is InChI=1S/C22H22FN3O3/c1-13(14-7-9-18(10-8-14)25-21(27)15-5-6-15)24-22(28)20-12-19(26-29-20)16-3-2-4-17(23)11-16/h2-4,7-11,13,15,20H,5-6,12H2,1H3,(H,24,28)(H,25,27)/t13-,20+/m0/s1. The molecule has 150 valence electrons. The van der Waals surface area contributed by atoms with Crippen LogP contribution < -0.4 is 10.6 Å². The molecule has 1 aliphatic heterocycles. The topological polar surface area (TPSA) is 79.8 Å². The summed E-state index contributed by atoms with van der Waals surface area (Å²) in [7, 11) is 0. The van der Waals surface area contributed by atoms with Crippen molar-refractivity contribution in [2.75, 3.05) is 5.32 Å². The van der Waals surface area contributed by atoms with Crippen LogP contribution in [-0.4, -0.2) is 23.6 Å². The van der Waals surface area contributed by atoms with Gasteiger partial charge >= 0.3 is 0 Å². The van der Waals surface area contributed by atoms with Crippen LogP contribution in [0.15, 0.2) is 53.7 Å². The fourth-order valence-electron chi connectivity index (χ4n) is 3.19. The van der Waals surface area contributed by atoms with Gasteiger partial charge in [0.25, 0.3) is 5.91 Å². The van der Waals surface area contributed by atoms with Crippen LogP contribution in [0.3, 0.4) is 0 Å². The minimum absolute atomic E-state index is 0.0617. The van der Waals surface area contributed by atoms with E-state index in [1.807, 2.05) is 31.2 Å². The highest BCUT2D eigenvalue weighted by Crippen LogP contribution is 2.30. The monoisotopic (exact) mass is 395 g/mol. The van der Waals surface area contributed by atoms with Gasteiger partial charge in [0.1, 0.15) is 5.82 Å². The Morgan fingerprint density at radius 1 is 1.14 bits per heavy atom. The zero-order valence-electron chi connectivity index (χ0n) is 16.0. The normalized spacial score (nSPS) is 19.1. The third-order valence-corrected chi connectivity index (χ3v) is 5.10. The van der Waals surface area contributed by atoms with Gasteiger partial charge in [-0.1, -0.05) is 29.4 Å². The number of amides is 2. The number of halogens is 1. The summed E-state index contributed by atoms with van der Waals surface area (Å²) in [6, 6.07) is 13.2. The molecule has 29 heavy (non-hydrogen) atoms. The minimum Gasteiger partial charge on any atom is -0.382 e. The van der Waals surface area contributed by atoms with E-state index in [0.29, 0.717) is 11.3 Å². The Labute approximate surface area is 168 Å². The highest BCUT2D eigenvalue weighted by atomic mass is 19.1. The van der Waals surface area contributed by atoms with Crippen LogP contribution in [-0.2, 0) is 14.4 Å². The lowest BCUT2D eigenvalue weighted by Gasteiger charge is -2.17. The fraction of sp³-hybridized carbons (Fsp3) is 0.318. The quantitative estimate of drug-likeness (QED) is 0.785. The van der Waals surface area contributed by atoms with Crippen molar-refractivity contribution in [3.8, 4) is 0 Å². The van der Waals surface area contributed by atoms with Gasteiger partial charge in [-0.3, -0.25) is 9.59 Å². The largest absolute Gasteiger partial charge is 0.382 e. The Hall–Kier alpha value is -3.22. The Kier molecular flexibility index (Phi) is 5.29. The lowest BCUT2D eigenvalue weighted by Crippen LogP contribution is -2.36. The summed E-state index contributed by atoms with van der Waals surface area (Å²) in [5.74, 6) is -0.423. The summed E-state index contributed by atoms with van der Waals surface area (Å²) < 4.78 is 13.4. The second-order valence-corrected chi connectivity index (χ2v) is 7.46. The van der Waals surface area contributed by atoms with Crippen molar-refractivity contribution in [3.05, 3.63) is 65.5 Å². The second-order valence-electron chi connectivity index (χ2n) is 7.46. The van der Waals surface area contributed by atoms with Crippen LogP contribution in [0.2, 0.25) is 0 Å². The van der Waals surface area contributed by atoms with Crippen LogP contribution in [0.1, 0.15) is 43.4 Å². The van der Waals surface area contributed by atoms with Crippen LogP contribution in [0.25, 0.3) is 0 Å². The summed E-state index contributed by atoms with van der Waals surface area (Å²) in [5, 5.41) is 9.74. The van der Waals surface area contributed by atoms with Gasteiger partial charge in [-0.15, -0.1) is 0 Å². The molecule has 2 amide bonds. The van der Waals surface area contributed by atoms with Gasteiger partial charge in [-0.05, 0) is 49.6 Å². The predicted molar refractivity (Wildman–Crippen MR) is 107 cm³/mol. The number of nitrogens with zero attached hydrogens (tertiary/aromatic N) is 1. The molecule has 0 spiro atoms. The first-order valence-electron chi connectivity index (χ1n) is 9.69. The number of carbonyl (C=O) groups is 2. The molecule has 0 unspecified atom stereocenters. The Bertz CT molecular complexity index is 954. The van der Waals surface area contributed by atoms with E-state index in [-0.39, 0.29) is 36.0 Å². The third kappa shape index (κ3) is 4.62. The molecule has 1 saturated carbocycles. The van der Waals surface area contributed by atoms with Gasteiger partial charge in [0, 0.05) is 23.6 Å². The molecule has 0 aromatic heterocycles. The molecule has 0 bridgehead atoms. The first-order valence-corrected chi connectivity index (χ1v) is 9.69. The van der Waals surface area contributed by atoms with E-state index < -0.39 is 6.10 Å². The van der Waals surface area contributed by atoms with Crippen molar-refractivity contribution in [2.24, 2.45) is 11.1 Å². The number of hydrogen-bond acceptors (Lipinski definition) is 4. The van der Waals surface area contributed by atoms with Crippen molar-refractivity contribution in [1.82, 2.24) is 5.32 Å². The lowest BCUT2D eigenvalue weighted by molar-refractivity contribution is -0.131. The van der Waals surface area contributed by atoms with Gasteiger partial charge in [-0.2, -0.15) is 0 Å². The molecular weight excluding hydrogens is 373 g/mol. The molecule has 2 aromatic rings. The maximum Gasteiger partial charge on any atom is 0.264 e. The van der Waals surface area contributed by atoms with Crippen LogP contribution in [0, 0.1) is 11.7 Å². The Morgan fingerprint density at radius 2 is 1.90 bits per heavy atom. The third-order valence-electron chi connectivity index (χ3n) is 5.10. The van der Waals surface area contributed by atoms with Crippen molar-refractivity contribution < 1.29 is 18.8 Å². The SMILES string of the molecule is C[C@H](NC(=O)[C@H]1CC(c2cccc(F)c2)=NO1)c1ccc(NC(=O)C2CC2)cc1. The molecule has 0 saturated heterocycles. The van der Waals surface area contributed by atoms with E-state index in [9.17, 15) is 14.0 Å². The average Bonchev–Trinajstić information content (AvgIpc) is 3.45.